The highest BCUT2D eigenvalue weighted by Crippen LogP contribution is 2.11. The molecule has 0 spiro atoms. The highest BCUT2D eigenvalue weighted by molar-refractivity contribution is 5.83. The van der Waals surface area contributed by atoms with Crippen LogP contribution >= 0.6 is 0 Å². The highest BCUT2D eigenvalue weighted by atomic mass is 16.5. The molecule has 6 nitrogen and oxygen atoms in total. The van der Waals surface area contributed by atoms with Crippen LogP contribution in [0.2, 0.25) is 0 Å². The topological polar surface area (TPSA) is 76.1 Å². The van der Waals surface area contributed by atoms with E-state index in [4.69, 9.17) is 4.74 Å². The number of rotatable bonds is 6. The predicted molar refractivity (Wildman–Crippen MR) is 69.5 cm³/mol. The summed E-state index contributed by atoms with van der Waals surface area (Å²) in [5.74, 6) is 1.40. The van der Waals surface area contributed by atoms with Gasteiger partial charge in [-0.15, -0.1) is 0 Å². The maximum Gasteiger partial charge on any atom is 0.242 e. The summed E-state index contributed by atoms with van der Waals surface area (Å²) in [7, 11) is 1.53. The Kier molecular flexibility index (Phi) is 5.35. The molecule has 1 aromatic heterocycles. The minimum Gasteiger partial charge on any atom is -0.481 e. The molecule has 0 radical (unpaired) electrons. The van der Waals surface area contributed by atoms with E-state index in [2.05, 4.69) is 20.6 Å². The van der Waals surface area contributed by atoms with Crippen molar-refractivity contribution in [3.63, 3.8) is 0 Å². The SMILES string of the molecule is COc1cc(NC(C)C(=O)NCC(C)C)ncn1. The number of carbonyl (C=O) groups excluding carboxylic acids is 1. The van der Waals surface area contributed by atoms with Crippen LogP contribution in [-0.4, -0.2) is 35.6 Å². The first kappa shape index (κ1) is 14.2. The van der Waals surface area contributed by atoms with Crippen LogP contribution in [0, 0.1) is 5.92 Å². The smallest absolute Gasteiger partial charge is 0.242 e. The van der Waals surface area contributed by atoms with Crippen molar-refractivity contribution in [1.82, 2.24) is 15.3 Å². The molecule has 1 atom stereocenters. The maximum absolute atomic E-state index is 11.8. The lowest BCUT2D eigenvalue weighted by Crippen LogP contribution is -2.39. The van der Waals surface area contributed by atoms with Crippen LogP contribution in [0.15, 0.2) is 12.4 Å². The summed E-state index contributed by atoms with van der Waals surface area (Å²) in [5, 5.41) is 5.85. The first-order valence-electron chi connectivity index (χ1n) is 5.93. The van der Waals surface area contributed by atoms with E-state index >= 15 is 0 Å². The van der Waals surface area contributed by atoms with Crippen molar-refractivity contribution in [2.24, 2.45) is 5.92 Å². The summed E-state index contributed by atoms with van der Waals surface area (Å²) in [4.78, 5) is 19.7. The number of nitrogens with zero attached hydrogens (tertiary/aromatic N) is 2. The van der Waals surface area contributed by atoms with Crippen molar-refractivity contribution in [2.75, 3.05) is 19.0 Å². The maximum atomic E-state index is 11.8. The molecule has 1 amide bonds. The zero-order valence-electron chi connectivity index (χ0n) is 11.2. The molecule has 2 N–H and O–H groups in total. The Balaban J connectivity index is 2.52. The summed E-state index contributed by atoms with van der Waals surface area (Å²) in [6, 6.07) is 1.29. The van der Waals surface area contributed by atoms with Crippen LogP contribution in [0.1, 0.15) is 20.8 Å². The number of methoxy groups -OCH3 is 1. The number of aromatic nitrogens is 2. The molecule has 0 saturated heterocycles. The lowest BCUT2D eigenvalue weighted by molar-refractivity contribution is -0.121. The molecule has 100 valence electrons. The van der Waals surface area contributed by atoms with Crippen molar-refractivity contribution in [3.8, 4) is 5.88 Å². The average Bonchev–Trinajstić information content (AvgIpc) is 2.36. The van der Waals surface area contributed by atoms with E-state index in [1.807, 2.05) is 13.8 Å². The van der Waals surface area contributed by atoms with Gasteiger partial charge in [0.15, 0.2) is 0 Å². The largest absolute Gasteiger partial charge is 0.481 e. The summed E-state index contributed by atoms with van der Waals surface area (Å²) < 4.78 is 4.98. The second-order valence-electron chi connectivity index (χ2n) is 4.45. The first-order valence-corrected chi connectivity index (χ1v) is 5.93. The fraction of sp³-hybridized carbons (Fsp3) is 0.583. The second kappa shape index (κ2) is 6.78. The van der Waals surface area contributed by atoms with E-state index in [-0.39, 0.29) is 11.9 Å². The van der Waals surface area contributed by atoms with Crippen molar-refractivity contribution >= 4 is 11.7 Å². The zero-order chi connectivity index (χ0) is 13.5. The lowest BCUT2D eigenvalue weighted by Gasteiger charge is -2.15. The van der Waals surface area contributed by atoms with Gasteiger partial charge >= 0.3 is 0 Å². The molecular formula is C12H20N4O2. The van der Waals surface area contributed by atoms with E-state index < -0.39 is 0 Å². The van der Waals surface area contributed by atoms with Gasteiger partial charge in [-0.3, -0.25) is 4.79 Å². The monoisotopic (exact) mass is 252 g/mol. The van der Waals surface area contributed by atoms with E-state index in [9.17, 15) is 4.79 Å². The molecule has 0 fully saturated rings. The number of hydrogen-bond acceptors (Lipinski definition) is 5. The standard InChI is InChI=1S/C12H20N4O2/c1-8(2)6-13-12(17)9(3)16-10-5-11(18-4)15-7-14-10/h5,7-9H,6H2,1-4H3,(H,13,17)(H,14,15,16). The van der Waals surface area contributed by atoms with Crippen LogP contribution < -0.4 is 15.4 Å². The van der Waals surface area contributed by atoms with Gasteiger partial charge in [-0.05, 0) is 12.8 Å². The third kappa shape index (κ3) is 4.57. The van der Waals surface area contributed by atoms with Gasteiger partial charge in [0.2, 0.25) is 11.8 Å². The summed E-state index contributed by atoms with van der Waals surface area (Å²) in [6.07, 6.45) is 1.39. The summed E-state index contributed by atoms with van der Waals surface area (Å²) >= 11 is 0. The number of ether oxygens (including phenoxy) is 1. The molecular weight excluding hydrogens is 232 g/mol. The van der Waals surface area contributed by atoms with Gasteiger partial charge in [0.25, 0.3) is 0 Å². The third-order valence-corrected chi connectivity index (χ3v) is 2.29. The fourth-order valence-corrected chi connectivity index (χ4v) is 1.28. The molecule has 0 bridgehead atoms. The molecule has 6 heteroatoms. The summed E-state index contributed by atoms with van der Waals surface area (Å²) in [6.45, 7) is 6.55. The molecule has 0 aliphatic heterocycles. The number of amides is 1. The fourth-order valence-electron chi connectivity index (χ4n) is 1.28. The van der Waals surface area contributed by atoms with Crippen LogP contribution in [-0.2, 0) is 4.79 Å². The number of nitrogens with one attached hydrogen (secondary N) is 2. The molecule has 0 saturated carbocycles. The van der Waals surface area contributed by atoms with Crippen LogP contribution in [0.3, 0.4) is 0 Å². The van der Waals surface area contributed by atoms with Gasteiger partial charge < -0.3 is 15.4 Å². The third-order valence-electron chi connectivity index (χ3n) is 2.29. The van der Waals surface area contributed by atoms with Gasteiger partial charge in [0.05, 0.1) is 7.11 Å². The Morgan fingerprint density at radius 3 is 2.72 bits per heavy atom. The lowest BCUT2D eigenvalue weighted by atomic mass is 10.2. The van der Waals surface area contributed by atoms with Gasteiger partial charge in [-0.2, -0.15) is 0 Å². The van der Waals surface area contributed by atoms with Gasteiger partial charge in [0, 0.05) is 12.6 Å². The van der Waals surface area contributed by atoms with E-state index in [0.29, 0.717) is 24.2 Å². The highest BCUT2D eigenvalue weighted by Gasteiger charge is 2.13. The Morgan fingerprint density at radius 2 is 2.11 bits per heavy atom. The minimum absolute atomic E-state index is 0.0544. The van der Waals surface area contributed by atoms with Crippen LogP contribution in [0.5, 0.6) is 5.88 Å². The van der Waals surface area contributed by atoms with Gasteiger partial charge in [-0.1, -0.05) is 13.8 Å². The molecule has 1 unspecified atom stereocenters. The van der Waals surface area contributed by atoms with E-state index in [1.54, 1.807) is 13.0 Å². The molecule has 0 aromatic carbocycles. The van der Waals surface area contributed by atoms with Crippen LogP contribution in [0.25, 0.3) is 0 Å². The van der Waals surface area contributed by atoms with Crippen molar-refractivity contribution in [3.05, 3.63) is 12.4 Å². The molecule has 18 heavy (non-hydrogen) atoms. The average molecular weight is 252 g/mol. The number of hydrogen-bond donors (Lipinski definition) is 2. The van der Waals surface area contributed by atoms with E-state index in [1.165, 1.54) is 13.4 Å². The second-order valence-corrected chi connectivity index (χ2v) is 4.45. The van der Waals surface area contributed by atoms with Crippen molar-refractivity contribution < 1.29 is 9.53 Å². The Hall–Kier alpha value is -1.85. The van der Waals surface area contributed by atoms with Gasteiger partial charge in [0.1, 0.15) is 18.2 Å². The Morgan fingerprint density at radius 1 is 1.39 bits per heavy atom. The number of carbonyl (C=O) groups is 1. The summed E-state index contributed by atoms with van der Waals surface area (Å²) in [5.41, 5.74) is 0. The zero-order valence-corrected chi connectivity index (χ0v) is 11.2. The molecule has 0 aliphatic carbocycles. The molecule has 1 aromatic rings. The van der Waals surface area contributed by atoms with Crippen LogP contribution in [0.4, 0.5) is 5.82 Å². The van der Waals surface area contributed by atoms with E-state index in [0.717, 1.165) is 0 Å². The predicted octanol–water partition coefficient (Wildman–Crippen LogP) is 1.06. The Bertz CT molecular complexity index is 395. The quantitative estimate of drug-likeness (QED) is 0.791. The minimum atomic E-state index is -0.358. The first-order chi connectivity index (χ1) is 8.52. The van der Waals surface area contributed by atoms with Gasteiger partial charge in [-0.25, -0.2) is 9.97 Å². The van der Waals surface area contributed by atoms with Crippen molar-refractivity contribution in [2.45, 2.75) is 26.8 Å². The molecule has 0 aliphatic rings. The molecule has 1 heterocycles. The van der Waals surface area contributed by atoms with Crippen molar-refractivity contribution in [1.29, 1.82) is 0 Å². The normalized spacial score (nSPS) is 12.1. The number of anilines is 1. The Labute approximate surface area is 107 Å². The molecule has 1 rings (SSSR count).